The maximum Gasteiger partial charge on any atom is 0.306 e. The van der Waals surface area contributed by atoms with Gasteiger partial charge < -0.3 is 5.11 Å². The van der Waals surface area contributed by atoms with Crippen molar-refractivity contribution in [3.05, 3.63) is 0 Å². The number of carboxylic acids is 1. The second kappa shape index (κ2) is 5.71. The fraction of sp³-hybridized carbons (Fsp3) is 0.857. The number of carboxylic acid groups (broad SMARTS) is 1. The lowest BCUT2D eigenvalue weighted by molar-refractivity contribution is -0.142. The van der Waals surface area contributed by atoms with Crippen LogP contribution in [0.15, 0.2) is 0 Å². The number of rotatable bonds is 5. The van der Waals surface area contributed by atoms with Crippen LogP contribution in [-0.2, 0) is 4.79 Å². The summed E-state index contributed by atoms with van der Waals surface area (Å²) in [7, 11) is 0. The fourth-order valence-electron chi connectivity index (χ4n) is 0.826. The summed E-state index contributed by atoms with van der Waals surface area (Å²) in [6.45, 7) is 1.91. The van der Waals surface area contributed by atoms with E-state index in [1.165, 1.54) is 0 Å². The summed E-state index contributed by atoms with van der Waals surface area (Å²) >= 11 is 3.26. The van der Waals surface area contributed by atoms with Gasteiger partial charge in [0.25, 0.3) is 0 Å². The van der Waals surface area contributed by atoms with Crippen LogP contribution in [0.25, 0.3) is 0 Å². The second-order valence-corrected chi connectivity index (χ2v) is 3.07. The number of aliphatic carboxylic acids is 1. The Kier molecular flexibility index (Phi) is 5.69. The Morgan fingerprint density at radius 3 is 2.60 bits per heavy atom. The maximum absolute atomic E-state index is 10.4. The Morgan fingerprint density at radius 1 is 1.70 bits per heavy atom. The van der Waals surface area contributed by atoms with Crippen molar-refractivity contribution in [2.45, 2.75) is 26.2 Å². The molecule has 0 aliphatic heterocycles. The van der Waals surface area contributed by atoms with Gasteiger partial charge in [-0.2, -0.15) is 0 Å². The zero-order valence-electron chi connectivity index (χ0n) is 6.14. The van der Waals surface area contributed by atoms with Crippen molar-refractivity contribution in [1.82, 2.24) is 0 Å². The van der Waals surface area contributed by atoms with Crippen molar-refractivity contribution in [1.29, 1.82) is 0 Å². The molecule has 0 radical (unpaired) electrons. The minimum Gasteiger partial charge on any atom is -0.481 e. The molecule has 60 valence electrons. The van der Waals surface area contributed by atoms with Gasteiger partial charge in [-0.1, -0.05) is 22.9 Å². The van der Waals surface area contributed by atoms with E-state index in [9.17, 15) is 4.79 Å². The normalized spacial score (nSPS) is 13.0. The molecule has 0 aromatic heterocycles. The largest absolute Gasteiger partial charge is 0.481 e. The Morgan fingerprint density at radius 2 is 2.30 bits per heavy atom. The van der Waals surface area contributed by atoms with E-state index in [-0.39, 0.29) is 5.92 Å². The first-order valence-corrected chi connectivity index (χ1v) is 4.63. The zero-order chi connectivity index (χ0) is 7.98. The average molecular weight is 209 g/mol. The molecule has 0 spiro atoms. The molecule has 0 amide bonds. The molecule has 0 fully saturated rings. The molecule has 10 heavy (non-hydrogen) atoms. The summed E-state index contributed by atoms with van der Waals surface area (Å²) in [4.78, 5) is 10.4. The van der Waals surface area contributed by atoms with Gasteiger partial charge in [0.1, 0.15) is 0 Å². The number of carbonyl (C=O) groups is 1. The van der Waals surface area contributed by atoms with Gasteiger partial charge in [-0.15, -0.1) is 0 Å². The molecule has 0 aliphatic rings. The summed E-state index contributed by atoms with van der Waals surface area (Å²) < 4.78 is 0. The highest BCUT2D eigenvalue weighted by Crippen LogP contribution is 2.11. The summed E-state index contributed by atoms with van der Waals surface area (Å²) in [5.74, 6) is -0.805. The predicted molar refractivity (Wildman–Crippen MR) is 44.4 cm³/mol. The minimum atomic E-state index is -0.663. The van der Waals surface area contributed by atoms with Crippen LogP contribution in [0.4, 0.5) is 0 Å². The van der Waals surface area contributed by atoms with E-state index in [1.54, 1.807) is 0 Å². The summed E-state index contributed by atoms with van der Waals surface area (Å²) in [6, 6.07) is 0. The molecular weight excluding hydrogens is 196 g/mol. The third-order valence-corrected chi connectivity index (χ3v) is 2.09. The third-order valence-electron chi connectivity index (χ3n) is 1.53. The Hall–Kier alpha value is -0.0500. The average Bonchev–Trinajstić information content (AvgIpc) is 1.89. The van der Waals surface area contributed by atoms with Gasteiger partial charge >= 0.3 is 5.97 Å². The lowest BCUT2D eigenvalue weighted by Crippen LogP contribution is -2.12. The van der Waals surface area contributed by atoms with Gasteiger partial charge in [0.2, 0.25) is 0 Å². The smallest absolute Gasteiger partial charge is 0.306 e. The SMILES string of the molecule is CCC(CCCBr)C(=O)O. The highest BCUT2D eigenvalue weighted by molar-refractivity contribution is 9.09. The van der Waals surface area contributed by atoms with Crippen LogP contribution in [0.1, 0.15) is 26.2 Å². The standard InChI is InChI=1S/C7H13BrO2/c1-2-6(7(9)10)4-3-5-8/h6H,2-5H2,1H3,(H,9,10). The van der Waals surface area contributed by atoms with E-state index in [1.807, 2.05) is 6.92 Å². The van der Waals surface area contributed by atoms with E-state index in [2.05, 4.69) is 15.9 Å². The molecule has 1 N–H and O–H groups in total. The molecule has 3 heteroatoms. The van der Waals surface area contributed by atoms with Gasteiger partial charge in [0.15, 0.2) is 0 Å². The summed E-state index contributed by atoms with van der Waals surface area (Å²) in [6.07, 6.45) is 2.48. The van der Waals surface area contributed by atoms with Crippen LogP contribution in [0, 0.1) is 5.92 Å². The van der Waals surface area contributed by atoms with E-state index >= 15 is 0 Å². The van der Waals surface area contributed by atoms with Gasteiger partial charge in [0.05, 0.1) is 5.92 Å². The number of hydrogen-bond acceptors (Lipinski definition) is 1. The van der Waals surface area contributed by atoms with Crippen LogP contribution in [0.2, 0.25) is 0 Å². The van der Waals surface area contributed by atoms with Gasteiger partial charge in [-0.25, -0.2) is 0 Å². The van der Waals surface area contributed by atoms with Gasteiger partial charge in [-0.05, 0) is 19.3 Å². The van der Waals surface area contributed by atoms with Gasteiger partial charge in [0, 0.05) is 5.33 Å². The predicted octanol–water partition coefficient (Wildman–Crippen LogP) is 2.27. The highest BCUT2D eigenvalue weighted by Gasteiger charge is 2.12. The van der Waals surface area contributed by atoms with Crippen LogP contribution < -0.4 is 0 Å². The van der Waals surface area contributed by atoms with Crippen molar-refractivity contribution in [2.24, 2.45) is 5.92 Å². The van der Waals surface area contributed by atoms with Crippen molar-refractivity contribution >= 4 is 21.9 Å². The molecule has 0 saturated carbocycles. The van der Waals surface area contributed by atoms with Crippen molar-refractivity contribution in [2.75, 3.05) is 5.33 Å². The molecule has 0 saturated heterocycles. The molecule has 0 heterocycles. The molecular formula is C7H13BrO2. The molecule has 0 aliphatic carbocycles. The molecule has 1 unspecified atom stereocenters. The molecule has 2 nitrogen and oxygen atoms in total. The topological polar surface area (TPSA) is 37.3 Å². The Labute approximate surface area is 69.8 Å². The van der Waals surface area contributed by atoms with E-state index < -0.39 is 5.97 Å². The monoisotopic (exact) mass is 208 g/mol. The van der Waals surface area contributed by atoms with Crippen molar-refractivity contribution in [3.63, 3.8) is 0 Å². The Balaban J connectivity index is 3.50. The molecule has 0 aromatic rings. The molecule has 0 bridgehead atoms. The first-order chi connectivity index (χ1) is 4.72. The van der Waals surface area contributed by atoms with Gasteiger partial charge in [-0.3, -0.25) is 4.79 Å². The van der Waals surface area contributed by atoms with E-state index in [4.69, 9.17) is 5.11 Å². The van der Waals surface area contributed by atoms with Crippen LogP contribution >= 0.6 is 15.9 Å². The number of hydrogen-bond donors (Lipinski definition) is 1. The second-order valence-electron chi connectivity index (χ2n) is 2.27. The number of halogens is 1. The van der Waals surface area contributed by atoms with Crippen LogP contribution in [0.3, 0.4) is 0 Å². The fourth-order valence-corrected chi connectivity index (χ4v) is 1.15. The van der Waals surface area contributed by atoms with E-state index in [0.717, 1.165) is 24.6 Å². The highest BCUT2D eigenvalue weighted by atomic mass is 79.9. The lowest BCUT2D eigenvalue weighted by atomic mass is 10.0. The minimum absolute atomic E-state index is 0.141. The van der Waals surface area contributed by atoms with E-state index in [0.29, 0.717) is 0 Å². The number of alkyl halides is 1. The van der Waals surface area contributed by atoms with Crippen molar-refractivity contribution in [3.8, 4) is 0 Å². The zero-order valence-corrected chi connectivity index (χ0v) is 7.73. The summed E-state index contributed by atoms with van der Waals surface area (Å²) in [5, 5.41) is 9.48. The third kappa shape index (κ3) is 3.88. The molecule has 0 aromatic carbocycles. The molecule has 1 atom stereocenters. The first kappa shape index (κ1) is 9.95. The Bertz CT molecular complexity index is 104. The van der Waals surface area contributed by atoms with Crippen LogP contribution in [0.5, 0.6) is 0 Å². The lowest BCUT2D eigenvalue weighted by Gasteiger charge is -2.06. The van der Waals surface area contributed by atoms with Crippen molar-refractivity contribution < 1.29 is 9.90 Å². The molecule has 0 rings (SSSR count). The maximum atomic E-state index is 10.4. The quantitative estimate of drug-likeness (QED) is 0.705. The summed E-state index contributed by atoms with van der Waals surface area (Å²) in [5.41, 5.74) is 0. The van der Waals surface area contributed by atoms with Crippen LogP contribution in [-0.4, -0.2) is 16.4 Å². The first-order valence-electron chi connectivity index (χ1n) is 3.51.